The maximum atomic E-state index is 12.0. The van der Waals surface area contributed by atoms with Crippen LogP contribution in [0.15, 0.2) is 24.3 Å². The van der Waals surface area contributed by atoms with Gasteiger partial charge in [0.1, 0.15) is 18.4 Å². The van der Waals surface area contributed by atoms with Crippen LogP contribution in [-0.2, 0) is 19.1 Å². The van der Waals surface area contributed by atoms with Gasteiger partial charge < -0.3 is 19.5 Å². The second kappa shape index (κ2) is 9.46. The van der Waals surface area contributed by atoms with Gasteiger partial charge in [-0.15, -0.1) is 0 Å². The summed E-state index contributed by atoms with van der Waals surface area (Å²) in [6.45, 7) is 2.06. The van der Waals surface area contributed by atoms with Gasteiger partial charge in [0, 0.05) is 11.6 Å². The molecule has 0 bridgehead atoms. The molecule has 1 amide bonds. The number of rotatable bonds is 7. The average molecular weight is 357 g/mol. The van der Waals surface area contributed by atoms with Crippen molar-refractivity contribution in [1.82, 2.24) is 10.2 Å². The summed E-state index contributed by atoms with van der Waals surface area (Å²) >= 11 is 5.79. The fourth-order valence-electron chi connectivity index (χ4n) is 2.31. The summed E-state index contributed by atoms with van der Waals surface area (Å²) in [5.74, 6) is 0.117. The number of ether oxygens (including phenoxy) is 3. The Kier molecular flexibility index (Phi) is 7.30. The monoisotopic (exact) mass is 356 g/mol. The third kappa shape index (κ3) is 5.67. The Hall–Kier alpha value is -1.83. The zero-order chi connectivity index (χ0) is 17.4. The number of amides is 1. The highest BCUT2D eigenvalue weighted by atomic mass is 35.5. The summed E-state index contributed by atoms with van der Waals surface area (Å²) in [6.07, 6.45) is 0. The fraction of sp³-hybridized carbons (Fsp3) is 0.500. The SMILES string of the molecule is COC(=O)C1COCCN1CC(=O)NCCOc1ccc(Cl)cc1. The lowest BCUT2D eigenvalue weighted by molar-refractivity contribution is -0.154. The summed E-state index contributed by atoms with van der Waals surface area (Å²) in [5, 5.41) is 3.40. The molecular formula is C16H21ClN2O5. The molecule has 1 unspecified atom stereocenters. The van der Waals surface area contributed by atoms with E-state index in [4.69, 9.17) is 25.8 Å². The molecule has 1 aromatic rings. The van der Waals surface area contributed by atoms with Crippen molar-refractivity contribution in [3.63, 3.8) is 0 Å². The largest absolute Gasteiger partial charge is 0.492 e. The third-order valence-electron chi connectivity index (χ3n) is 3.57. The van der Waals surface area contributed by atoms with Gasteiger partial charge >= 0.3 is 5.97 Å². The molecule has 24 heavy (non-hydrogen) atoms. The lowest BCUT2D eigenvalue weighted by atomic mass is 10.2. The predicted octanol–water partition coefficient (Wildman–Crippen LogP) is 0.709. The van der Waals surface area contributed by atoms with Crippen molar-refractivity contribution in [3.05, 3.63) is 29.3 Å². The maximum Gasteiger partial charge on any atom is 0.325 e. The molecule has 1 saturated heterocycles. The van der Waals surface area contributed by atoms with Gasteiger partial charge in [-0.2, -0.15) is 0 Å². The van der Waals surface area contributed by atoms with Crippen molar-refractivity contribution in [2.45, 2.75) is 6.04 Å². The first-order valence-corrected chi connectivity index (χ1v) is 8.02. The van der Waals surface area contributed by atoms with Crippen molar-refractivity contribution in [3.8, 4) is 5.75 Å². The molecule has 0 aromatic heterocycles. The highest BCUT2D eigenvalue weighted by molar-refractivity contribution is 6.30. The minimum Gasteiger partial charge on any atom is -0.492 e. The molecule has 0 radical (unpaired) electrons. The number of hydrogen-bond donors (Lipinski definition) is 1. The molecule has 1 aliphatic heterocycles. The number of benzene rings is 1. The van der Waals surface area contributed by atoms with E-state index in [-0.39, 0.29) is 19.1 Å². The van der Waals surface area contributed by atoms with Crippen LogP contribution in [-0.4, -0.2) is 69.4 Å². The van der Waals surface area contributed by atoms with Crippen LogP contribution in [0.1, 0.15) is 0 Å². The Bertz CT molecular complexity index is 552. The number of carbonyl (C=O) groups is 2. The number of nitrogens with zero attached hydrogens (tertiary/aromatic N) is 1. The van der Waals surface area contributed by atoms with E-state index in [2.05, 4.69) is 5.32 Å². The van der Waals surface area contributed by atoms with Crippen LogP contribution in [0.5, 0.6) is 5.75 Å². The van der Waals surface area contributed by atoms with Crippen LogP contribution < -0.4 is 10.1 Å². The zero-order valence-corrected chi connectivity index (χ0v) is 14.3. The number of halogens is 1. The molecular weight excluding hydrogens is 336 g/mol. The van der Waals surface area contributed by atoms with Gasteiger partial charge in [-0.25, -0.2) is 0 Å². The molecule has 132 valence electrons. The van der Waals surface area contributed by atoms with E-state index in [0.717, 1.165) is 0 Å². The first kappa shape index (κ1) is 18.5. The Balaban J connectivity index is 1.70. The van der Waals surface area contributed by atoms with E-state index >= 15 is 0 Å². The van der Waals surface area contributed by atoms with Gasteiger partial charge in [-0.3, -0.25) is 14.5 Å². The predicted molar refractivity (Wildman–Crippen MR) is 88.2 cm³/mol. The number of morpholine rings is 1. The van der Waals surface area contributed by atoms with Crippen molar-refractivity contribution in [2.75, 3.05) is 46.6 Å². The molecule has 1 aromatic carbocycles. The highest BCUT2D eigenvalue weighted by Gasteiger charge is 2.31. The number of nitrogens with one attached hydrogen (secondary N) is 1. The molecule has 8 heteroatoms. The van der Waals surface area contributed by atoms with Gasteiger partial charge in [0.05, 0.1) is 33.4 Å². The average Bonchev–Trinajstić information content (AvgIpc) is 2.60. The normalized spacial score (nSPS) is 18.0. The number of hydrogen-bond acceptors (Lipinski definition) is 6. The van der Waals surface area contributed by atoms with E-state index < -0.39 is 12.0 Å². The van der Waals surface area contributed by atoms with E-state index in [1.54, 1.807) is 29.2 Å². The van der Waals surface area contributed by atoms with Crippen LogP contribution in [0.25, 0.3) is 0 Å². The number of methoxy groups -OCH3 is 1. The summed E-state index contributed by atoms with van der Waals surface area (Å²) in [5.41, 5.74) is 0. The Labute approximate surface area is 145 Å². The van der Waals surface area contributed by atoms with E-state index in [1.807, 2.05) is 0 Å². The number of esters is 1. The first-order chi connectivity index (χ1) is 11.6. The fourth-order valence-corrected chi connectivity index (χ4v) is 2.44. The summed E-state index contributed by atoms with van der Waals surface area (Å²) in [7, 11) is 1.32. The van der Waals surface area contributed by atoms with Crippen LogP contribution in [0.2, 0.25) is 5.02 Å². The molecule has 0 spiro atoms. The van der Waals surface area contributed by atoms with Gasteiger partial charge in [-0.1, -0.05) is 11.6 Å². The topological polar surface area (TPSA) is 77.1 Å². The lowest BCUT2D eigenvalue weighted by Gasteiger charge is -2.32. The quantitative estimate of drug-likeness (QED) is 0.572. The van der Waals surface area contributed by atoms with Gasteiger partial charge in [0.2, 0.25) is 5.91 Å². The Morgan fingerprint density at radius 2 is 2.12 bits per heavy atom. The van der Waals surface area contributed by atoms with Crippen LogP contribution >= 0.6 is 11.6 Å². The van der Waals surface area contributed by atoms with Crippen LogP contribution in [0.3, 0.4) is 0 Å². The van der Waals surface area contributed by atoms with Crippen LogP contribution in [0.4, 0.5) is 0 Å². The van der Waals surface area contributed by atoms with Crippen molar-refractivity contribution in [2.24, 2.45) is 0 Å². The van der Waals surface area contributed by atoms with E-state index in [0.29, 0.717) is 37.1 Å². The minimum absolute atomic E-state index is 0.115. The first-order valence-electron chi connectivity index (χ1n) is 7.65. The molecule has 0 aliphatic carbocycles. The molecule has 1 heterocycles. The van der Waals surface area contributed by atoms with Gasteiger partial charge in [0.25, 0.3) is 0 Å². The zero-order valence-electron chi connectivity index (χ0n) is 13.5. The van der Waals surface area contributed by atoms with Crippen LogP contribution in [0, 0.1) is 0 Å². The third-order valence-corrected chi connectivity index (χ3v) is 3.82. The smallest absolute Gasteiger partial charge is 0.325 e. The molecule has 7 nitrogen and oxygen atoms in total. The molecule has 1 aliphatic rings. The second-order valence-electron chi connectivity index (χ2n) is 5.24. The minimum atomic E-state index is -0.542. The molecule has 1 fully saturated rings. The standard InChI is InChI=1S/C16H21ClN2O5/c1-22-16(21)14-11-23-9-7-19(14)10-15(20)18-6-8-24-13-4-2-12(17)3-5-13/h2-5,14H,6-11H2,1H3,(H,18,20). The van der Waals surface area contributed by atoms with Crippen molar-refractivity contribution < 1.29 is 23.8 Å². The van der Waals surface area contributed by atoms with Crippen molar-refractivity contribution in [1.29, 1.82) is 0 Å². The van der Waals surface area contributed by atoms with E-state index in [1.165, 1.54) is 7.11 Å². The molecule has 2 rings (SSSR count). The second-order valence-corrected chi connectivity index (χ2v) is 5.67. The molecule has 1 atom stereocenters. The Morgan fingerprint density at radius 1 is 1.38 bits per heavy atom. The summed E-state index contributed by atoms with van der Waals surface area (Å²) in [4.78, 5) is 25.5. The van der Waals surface area contributed by atoms with E-state index in [9.17, 15) is 9.59 Å². The van der Waals surface area contributed by atoms with Gasteiger partial charge in [-0.05, 0) is 24.3 Å². The summed E-state index contributed by atoms with van der Waals surface area (Å²) in [6, 6.07) is 6.46. The molecule has 0 saturated carbocycles. The maximum absolute atomic E-state index is 12.0. The molecule has 1 N–H and O–H groups in total. The lowest BCUT2D eigenvalue weighted by Crippen LogP contribution is -2.53. The highest BCUT2D eigenvalue weighted by Crippen LogP contribution is 2.15. The van der Waals surface area contributed by atoms with Crippen molar-refractivity contribution >= 4 is 23.5 Å². The number of carbonyl (C=O) groups excluding carboxylic acids is 2. The van der Waals surface area contributed by atoms with Gasteiger partial charge in [0.15, 0.2) is 0 Å². The Morgan fingerprint density at radius 3 is 2.83 bits per heavy atom. The summed E-state index contributed by atoms with van der Waals surface area (Å²) < 4.78 is 15.5.